The van der Waals surface area contributed by atoms with Gasteiger partial charge in [-0.15, -0.1) is 24.0 Å². The van der Waals surface area contributed by atoms with Crippen LogP contribution < -0.4 is 0 Å². The van der Waals surface area contributed by atoms with Gasteiger partial charge in [0.05, 0.1) is 0 Å². The monoisotopic (exact) mass is 377 g/mol. The number of aromatic carboxylic acids is 1. The Labute approximate surface area is 94.4 Å². The van der Waals surface area contributed by atoms with Gasteiger partial charge in [-0.3, -0.25) is 0 Å². The highest BCUT2D eigenvalue weighted by atomic mass is 127. The second kappa shape index (κ2) is 4.86. The van der Waals surface area contributed by atoms with Crippen molar-refractivity contribution in [3.63, 3.8) is 0 Å². The zero-order chi connectivity index (χ0) is 7.56. The molecule has 1 heterocycles. The molecule has 1 N–H and O–H groups in total. The molecule has 0 aliphatic heterocycles. The fraction of sp³-hybridized carbons (Fsp3) is 0. The van der Waals surface area contributed by atoms with Crippen LogP contribution >= 0.6 is 46.6 Å². The Balaban J connectivity index is 0.000001000. The van der Waals surface area contributed by atoms with Crippen molar-refractivity contribution in [3.05, 3.63) is 27.6 Å². The fourth-order valence-corrected chi connectivity index (χ4v) is 0.978. The number of carbonyl (C=O) groups is 1. The molecule has 0 saturated carbocycles. The van der Waals surface area contributed by atoms with Gasteiger partial charge in [-0.2, -0.15) is 0 Å². The first-order valence-electron chi connectivity index (χ1n) is 2.55. The number of carboxylic acid groups (broad SMARTS) is 1. The van der Waals surface area contributed by atoms with Gasteiger partial charge >= 0.3 is 5.97 Å². The van der Waals surface area contributed by atoms with Gasteiger partial charge in [-0.1, -0.05) is 0 Å². The van der Waals surface area contributed by atoms with Crippen LogP contribution in [0.25, 0.3) is 0 Å². The maximum atomic E-state index is 10.3. The normalized spacial score (nSPS) is 8.45. The molecule has 0 radical (unpaired) electrons. The molecular formula is C6H5I2NO2. The zero-order valence-electron chi connectivity index (χ0n) is 5.32. The summed E-state index contributed by atoms with van der Waals surface area (Å²) in [5, 5.41) is 8.44. The lowest BCUT2D eigenvalue weighted by Crippen LogP contribution is -1.99. The predicted octanol–water partition coefficient (Wildman–Crippen LogP) is 2.00. The number of halogens is 2. The molecule has 0 aliphatic carbocycles. The lowest BCUT2D eigenvalue weighted by Gasteiger charge is -1.91. The molecule has 0 atom stereocenters. The molecule has 3 nitrogen and oxygen atoms in total. The topological polar surface area (TPSA) is 50.2 Å². The van der Waals surface area contributed by atoms with Crippen LogP contribution in [0, 0.1) is 3.57 Å². The Bertz CT molecular complexity index is 265. The average molecular weight is 377 g/mol. The second-order valence-electron chi connectivity index (χ2n) is 1.66. The third-order valence-electron chi connectivity index (χ3n) is 0.941. The van der Waals surface area contributed by atoms with E-state index >= 15 is 0 Å². The van der Waals surface area contributed by atoms with Crippen molar-refractivity contribution in [1.82, 2.24) is 4.98 Å². The van der Waals surface area contributed by atoms with Crippen LogP contribution in [0.3, 0.4) is 0 Å². The molecule has 0 amide bonds. The minimum Gasteiger partial charge on any atom is -0.477 e. The lowest BCUT2D eigenvalue weighted by molar-refractivity contribution is 0.0690. The molecule has 0 saturated heterocycles. The summed E-state index contributed by atoms with van der Waals surface area (Å²) >= 11 is 2.04. The summed E-state index contributed by atoms with van der Waals surface area (Å²) in [5.41, 5.74) is 0.0897. The van der Waals surface area contributed by atoms with Gasteiger partial charge in [0.1, 0.15) is 5.69 Å². The Morgan fingerprint density at radius 3 is 2.64 bits per heavy atom. The average Bonchev–Trinajstić information content (AvgIpc) is 1.88. The number of hydrogen-bond donors (Lipinski definition) is 1. The van der Waals surface area contributed by atoms with Crippen LogP contribution in [0.4, 0.5) is 0 Å². The molecule has 1 aromatic heterocycles. The molecule has 5 heteroatoms. The number of carboxylic acids is 1. The maximum absolute atomic E-state index is 10.3. The highest BCUT2D eigenvalue weighted by molar-refractivity contribution is 14.1. The van der Waals surface area contributed by atoms with Crippen LogP contribution in [0.1, 0.15) is 10.5 Å². The largest absolute Gasteiger partial charge is 0.477 e. The molecule has 0 spiro atoms. The van der Waals surface area contributed by atoms with Crippen molar-refractivity contribution in [1.29, 1.82) is 0 Å². The summed E-state index contributed by atoms with van der Waals surface area (Å²) in [6, 6.07) is 3.26. The smallest absolute Gasteiger partial charge is 0.354 e. The Morgan fingerprint density at radius 2 is 2.27 bits per heavy atom. The summed E-state index contributed by atoms with van der Waals surface area (Å²) in [4.78, 5) is 13.9. The van der Waals surface area contributed by atoms with Crippen molar-refractivity contribution in [2.45, 2.75) is 0 Å². The number of hydrogen-bond acceptors (Lipinski definition) is 2. The summed E-state index contributed by atoms with van der Waals surface area (Å²) in [6.07, 6.45) is 1.48. The summed E-state index contributed by atoms with van der Waals surface area (Å²) in [7, 11) is 0. The first-order chi connectivity index (χ1) is 4.70. The highest BCUT2D eigenvalue weighted by Gasteiger charge is 2.02. The summed E-state index contributed by atoms with van der Waals surface area (Å²) in [6.45, 7) is 0. The third kappa shape index (κ3) is 3.32. The van der Waals surface area contributed by atoms with Gasteiger partial charge in [0.2, 0.25) is 0 Å². The first-order valence-corrected chi connectivity index (χ1v) is 3.63. The quantitative estimate of drug-likeness (QED) is 0.763. The van der Waals surface area contributed by atoms with E-state index in [0.717, 1.165) is 3.57 Å². The van der Waals surface area contributed by atoms with E-state index in [4.69, 9.17) is 5.11 Å². The molecule has 0 aliphatic rings. The van der Waals surface area contributed by atoms with Crippen molar-refractivity contribution >= 4 is 52.5 Å². The number of nitrogens with zero attached hydrogens (tertiary/aromatic N) is 1. The van der Waals surface area contributed by atoms with E-state index in [1.54, 1.807) is 6.07 Å². The lowest BCUT2D eigenvalue weighted by atomic mass is 10.4. The van der Waals surface area contributed by atoms with E-state index in [0.29, 0.717) is 0 Å². The Morgan fingerprint density at radius 1 is 1.64 bits per heavy atom. The number of aromatic nitrogens is 1. The van der Waals surface area contributed by atoms with Crippen molar-refractivity contribution < 1.29 is 9.90 Å². The molecule has 0 fully saturated rings. The highest BCUT2D eigenvalue weighted by Crippen LogP contribution is 2.03. The standard InChI is InChI=1S/C6H4INO2.HI/c7-4-1-2-8-5(3-4)6(9)10;/h1-3H,(H,9,10);1H. The van der Waals surface area contributed by atoms with Crippen LogP contribution in [-0.2, 0) is 0 Å². The maximum Gasteiger partial charge on any atom is 0.354 e. The molecule has 0 unspecified atom stereocenters. The van der Waals surface area contributed by atoms with Crippen LogP contribution in [0.2, 0.25) is 0 Å². The van der Waals surface area contributed by atoms with Gasteiger partial charge in [-0.05, 0) is 34.7 Å². The van der Waals surface area contributed by atoms with Gasteiger partial charge in [0, 0.05) is 9.77 Å². The molecule has 11 heavy (non-hydrogen) atoms. The van der Waals surface area contributed by atoms with E-state index < -0.39 is 5.97 Å². The molecule has 0 bridgehead atoms. The van der Waals surface area contributed by atoms with Gasteiger partial charge in [-0.25, -0.2) is 9.78 Å². The molecular weight excluding hydrogens is 372 g/mol. The summed E-state index contributed by atoms with van der Waals surface area (Å²) < 4.78 is 0.880. The van der Waals surface area contributed by atoms with Gasteiger partial charge in [0.15, 0.2) is 0 Å². The van der Waals surface area contributed by atoms with Gasteiger partial charge < -0.3 is 5.11 Å². The van der Waals surface area contributed by atoms with E-state index in [1.165, 1.54) is 12.3 Å². The zero-order valence-corrected chi connectivity index (χ0v) is 9.81. The molecule has 1 rings (SSSR count). The van der Waals surface area contributed by atoms with E-state index in [2.05, 4.69) is 4.98 Å². The number of rotatable bonds is 1. The molecule has 1 aromatic rings. The molecule has 60 valence electrons. The second-order valence-corrected chi connectivity index (χ2v) is 2.91. The van der Waals surface area contributed by atoms with Crippen LogP contribution in [-0.4, -0.2) is 16.1 Å². The fourth-order valence-electron chi connectivity index (χ4n) is 0.522. The number of pyridine rings is 1. The van der Waals surface area contributed by atoms with Gasteiger partial charge in [0.25, 0.3) is 0 Å². The Kier molecular flexibility index (Phi) is 4.89. The Hall–Kier alpha value is 0.0800. The molecule has 0 aromatic carbocycles. The predicted molar refractivity (Wildman–Crippen MR) is 59.3 cm³/mol. The van der Waals surface area contributed by atoms with Crippen molar-refractivity contribution in [2.24, 2.45) is 0 Å². The SMILES string of the molecule is I.O=C(O)c1cc(I)ccn1. The van der Waals surface area contributed by atoms with Crippen molar-refractivity contribution in [3.8, 4) is 0 Å². The van der Waals surface area contributed by atoms with Crippen LogP contribution in [0.15, 0.2) is 18.3 Å². The van der Waals surface area contributed by atoms with E-state index in [-0.39, 0.29) is 29.7 Å². The minimum atomic E-state index is -0.987. The van der Waals surface area contributed by atoms with E-state index in [9.17, 15) is 4.79 Å². The first kappa shape index (κ1) is 11.1. The minimum absolute atomic E-state index is 0. The van der Waals surface area contributed by atoms with E-state index in [1.807, 2.05) is 22.6 Å². The third-order valence-corrected chi connectivity index (χ3v) is 1.61. The van der Waals surface area contributed by atoms with Crippen LogP contribution in [0.5, 0.6) is 0 Å². The summed E-state index contributed by atoms with van der Waals surface area (Å²) in [5.74, 6) is -0.987. The van der Waals surface area contributed by atoms with Crippen molar-refractivity contribution in [2.75, 3.05) is 0 Å².